The zero-order chi connectivity index (χ0) is 10.2. The molecule has 0 bridgehead atoms. The monoisotopic (exact) mass is 194 g/mol. The van der Waals surface area contributed by atoms with Crippen LogP contribution in [0.1, 0.15) is 19.4 Å². The molecule has 2 nitrogen and oxygen atoms in total. The lowest BCUT2D eigenvalue weighted by molar-refractivity contribution is -0.0688. The van der Waals surface area contributed by atoms with Gasteiger partial charge in [0.25, 0.3) is 0 Å². The first-order valence-corrected chi connectivity index (χ1v) is 4.98. The summed E-state index contributed by atoms with van der Waals surface area (Å²) < 4.78 is 10.6. The van der Waals surface area contributed by atoms with E-state index in [4.69, 9.17) is 9.47 Å². The molecule has 0 saturated heterocycles. The van der Waals surface area contributed by atoms with Crippen molar-refractivity contribution in [3.63, 3.8) is 0 Å². The van der Waals surface area contributed by atoms with Gasteiger partial charge in [-0.15, -0.1) is 0 Å². The molecule has 0 unspecified atom stereocenters. The van der Waals surface area contributed by atoms with Gasteiger partial charge in [-0.1, -0.05) is 44.2 Å². The lowest BCUT2D eigenvalue weighted by atomic mass is 10.2. The number of rotatable bonds is 6. The Morgan fingerprint density at radius 1 is 1.07 bits per heavy atom. The smallest absolute Gasteiger partial charge is 0.147 e. The standard InChI is InChI=1S/C12H18O2/c1-11(2)8-13-10-14-9-12-6-4-3-5-7-12/h3-7,11H,8-10H2,1-2H3. The van der Waals surface area contributed by atoms with E-state index in [0.29, 0.717) is 19.3 Å². The number of ether oxygens (including phenoxy) is 2. The van der Waals surface area contributed by atoms with Crippen LogP contribution in [0.4, 0.5) is 0 Å². The third-order valence-electron chi connectivity index (χ3n) is 1.73. The quantitative estimate of drug-likeness (QED) is 0.512. The van der Waals surface area contributed by atoms with Crippen molar-refractivity contribution in [2.45, 2.75) is 20.5 Å². The molecule has 1 rings (SSSR count). The zero-order valence-electron chi connectivity index (χ0n) is 8.90. The molecule has 0 spiro atoms. The van der Waals surface area contributed by atoms with Crippen LogP contribution in [0, 0.1) is 5.92 Å². The Labute approximate surface area is 85.8 Å². The van der Waals surface area contributed by atoms with Crippen LogP contribution in [0.3, 0.4) is 0 Å². The minimum Gasteiger partial charge on any atom is -0.355 e. The molecule has 0 N–H and O–H groups in total. The molecule has 0 saturated carbocycles. The lowest BCUT2D eigenvalue weighted by Crippen LogP contribution is -2.05. The van der Waals surface area contributed by atoms with Crippen molar-refractivity contribution in [3.05, 3.63) is 35.9 Å². The molecule has 0 aliphatic rings. The Kier molecular flexibility index (Phi) is 5.27. The molecule has 0 amide bonds. The first kappa shape index (κ1) is 11.2. The fourth-order valence-corrected chi connectivity index (χ4v) is 1.08. The van der Waals surface area contributed by atoms with E-state index < -0.39 is 0 Å². The van der Waals surface area contributed by atoms with Crippen molar-refractivity contribution >= 4 is 0 Å². The summed E-state index contributed by atoms with van der Waals surface area (Å²) in [4.78, 5) is 0. The second kappa shape index (κ2) is 6.57. The van der Waals surface area contributed by atoms with E-state index in [1.807, 2.05) is 30.3 Å². The van der Waals surface area contributed by atoms with Gasteiger partial charge >= 0.3 is 0 Å². The third-order valence-corrected chi connectivity index (χ3v) is 1.73. The molecule has 14 heavy (non-hydrogen) atoms. The molecular formula is C12H18O2. The summed E-state index contributed by atoms with van der Waals surface area (Å²) in [6.07, 6.45) is 0. The molecule has 0 aliphatic carbocycles. The average Bonchev–Trinajstić information content (AvgIpc) is 2.18. The first-order valence-electron chi connectivity index (χ1n) is 4.98. The van der Waals surface area contributed by atoms with Gasteiger partial charge in [0.15, 0.2) is 0 Å². The van der Waals surface area contributed by atoms with Crippen LogP contribution in [0.2, 0.25) is 0 Å². The van der Waals surface area contributed by atoms with E-state index >= 15 is 0 Å². The Hall–Kier alpha value is -0.860. The number of hydrogen-bond acceptors (Lipinski definition) is 2. The van der Waals surface area contributed by atoms with E-state index in [0.717, 1.165) is 6.61 Å². The predicted molar refractivity (Wildman–Crippen MR) is 56.9 cm³/mol. The highest BCUT2D eigenvalue weighted by molar-refractivity contribution is 5.13. The van der Waals surface area contributed by atoms with Crippen molar-refractivity contribution in [1.29, 1.82) is 0 Å². The van der Waals surface area contributed by atoms with Crippen LogP contribution in [-0.4, -0.2) is 13.4 Å². The fourth-order valence-electron chi connectivity index (χ4n) is 1.08. The minimum atomic E-state index is 0.382. The maximum Gasteiger partial charge on any atom is 0.147 e. The molecule has 0 atom stereocenters. The summed E-state index contributed by atoms with van der Waals surface area (Å²) in [7, 11) is 0. The summed E-state index contributed by atoms with van der Waals surface area (Å²) in [6, 6.07) is 10.1. The van der Waals surface area contributed by atoms with E-state index in [1.165, 1.54) is 5.56 Å². The topological polar surface area (TPSA) is 18.5 Å². The van der Waals surface area contributed by atoms with Crippen molar-refractivity contribution < 1.29 is 9.47 Å². The number of benzene rings is 1. The summed E-state index contributed by atoms with van der Waals surface area (Å²) in [5.74, 6) is 0.565. The highest BCUT2D eigenvalue weighted by atomic mass is 16.7. The second-order valence-electron chi connectivity index (χ2n) is 3.72. The van der Waals surface area contributed by atoms with Gasteiger partial charge in [-0.2, -0.15) is 0 Å². The molecular weight excluding hydrogens is 176 g/mol. The Bertz CT molecular complexity index is 231. The molecule has 0 fully saturated rings. The molecule has 1 aromatic carbocycles. The van der Waals surface area contributed by atoms with Crippen molar-refractivity contribution in [2.24, 2.45) is 5.92 Å². The van der Waals surface area contributed by atoms with E-state index in [9.17, 15) is 0 Å². The van der Waals surface area contributed by atoms with Crippen molar-refractivity contribution in [1.82, 2.24) is 0 Å². The van der Waals surface area contributed by atoms with Gasteiger partial charge in [-0.05, 0) is 11.5 Å². The largest absolute Gasteiger partial charge is 0.355 e. The normalized spacial score (nSPS) is 10.8. The summed E-state index contributed by atoms with van der Waals surface area (Å²) >= 11 is 0. The van der Waals surface area contributed by atoms with Crippen molar-refractivity contribution in [2.75, 3.05) is 13.4 Å². The minimum absolute atomic E-state index is 0.382. The van der Waals surface area contributed by atoms with Crippen LogP contribution in [0.15, 0.2) is 30.3 Å². The SMILES string of the molecule is CC(C)COCOCc1ccccc1. The number of hydrogen-bond donors (Lipinski definition) is 0. The summed E-state index contributed by atoms with van der Waals surface area (Å²) in [6.45, 7) is 6.01. The maximum atomic E-state index is 5.35. The molecule has 2 heteroatoms. The summed E-state index contributed by atoms with van der Waals surface area (Å²) in [5, 5.41) is 0. The Morgan fingerprint density at radius 3 is 2.43 bits per heavy atom. The third kappa shape index (κ3) is 5.00. The van der Waals surface area contributed by atoms with Gasteiger partial charge in [-0.25, -0.2) is 0 Å². The van der Waals surface area contributed by atoms with Gasteiger partial charge in [0, 0.05) is 0 Å². The second-order valence-corrected chi connectivity index (χ2v) is 3.72. The van der Waals surface area contributed by atoms with Crippen molar-refractivity contribution in [3.8, 4) is 0 Å². The Morgan fingerprint density at radius 2 is 1.79 bits per heavy atom. The average molecular weight is 194 g/mol. The van der Waals surface area contributed by atoms with Crippen LogP contribution in [0.5, 0.6) is 0 Å². The highest BCUT2D eigenvalue weighted by Crippen LogP contribution is 2.00. The summed E-state index contributed by atoms with van der Waals surface area (Å²) in [5.41, 5.74) is 1.18. The Balaban J connectivity index is 2.05. The van der Waals surface area contributed by atoms with Gasteiger partial charge < -0.3 is 9.47 Å². The molecule has 0 aromatic heterocycles. The first-order chi connectivity index (χ1) is 6.79. The van der Waals surface area contributed by atoms with Crippen LogP contribution in [-0.2, 0) is 16.1 Å². The van der Waals surface area contributed by atoms with E-state index in [2.05, 4.69) is 13.8 Å². The molecule has 0 heterocycles. The van der Waals surface area contributed by atoms with Gasteiger partial charge in [0.05, 0.1) is 13.2 Å². The van der Waals surface area contributed by atoms with Gasteiger partial charge in [0.2, 0.25) is 0 Å². The maximum absolute atomic E-state index is 5.35. The molecule has 1 aromatic rings. The fraction of sp³-hybridized carbons (Fsp3) is 0.500. The lowest BCUT2D eigenvalue weighted by Gasteiger charge is -2.07. The van der Waals surface area contributed by atoms with E-state index in [-0.39, 0.29) is 0 Å². The predicted octanol–water partition coefficient (Wildman–Crippen LogP) is 2.83. The van der Waals surface area contributed by atoms with Crippen LogP contribution in [0.25, 0.3) is 0 Å². The van der Waals surface area contributed by atoms with Gasteiger partial charge in [0.1, 0.15) is 6.79 Å². The molecule has 78 valence electrons. The van der Waals surface area contributed by atoms with Gasteiger partial charge in [-0.3, -0.25) is 0 Å². The molecule has 0 aliphatic heterocycles. The van der Waals surface area contributed by atoms with Crippen LogP contribution < -0.4 is 0 Å². The van der Waals surface area contributed by atoms with Crippen LogP contribution >= 0.6 is 0 Å². The highest BCUT2D eigenvalue weighted by Gasteiger charge is 1.94. The molecule has 0 radical (unpaired) electrons. The zero-order valence-corrected chi connectivity index (χ0v) is 8.90. The van der Waals surface area contributed by atoms with E-state index in [1.54, 1.807) is 0 Å².